The second-order valence-corrected chi connectivity index (χ2v) is 5.06. The Morgan fingerprint density at radius 1 is 1.19 bits per heavy atom. The van der Waals surface area contributed by atoms with E-state index in [0.717, 1.165) is 18.8 Å². The maximum Gasteiger partial charge on any atom is 0.485 e. The summed E-state index contributed by atoms with van der Waals surface area (Å²) in [4.78, 5) is 5.34. The van der Waals surface area contributed by atoms with Crippen molar-refractivity contribution in [3.8, 4) is 0 Å². The molecule has 0 atom stereocenters. The van der Waals surface area contributed by atoms with Gasteiger partial charge in [0, 0.05) is 30.9 Å². The summed E-state index contributed by atoms with van der Waals surface area (Å²) in [5, 5.41) is 8.49. The van der Waals surface area contributed by atoms with E-state index in [1.165, 1.54) is 0 Å². The Balaban J connectivity index is 0.000000433. The Morgan fingerprint density at radius 2 is 1.57 bits per heavy atom. The van der Waals surface area contributed by atoms with Crippen LogP contribution in [-0.4, -0.2) is 31.6 Å². The van der Waals surface area contributed by atoms with Crippen molar-refractivity contribution >= 4 is 21.5 Å². The van der Waals surface area contributed by atoms with E-state index in [1.54, 1.807) is 12.1 Å². The van der Waals surface area contributed by atoms with Crippen LogP contribution in [0.3, 0.4) is 0 Å². The average molecular weight is 325 g/mol. The normalized spacial score (nSPS) is 11.1. The van der Waals surface area contributed by atoms with E-state index in [-0.39, 0.29) is 0 Å². The number of halogens is 3. The van der Waals surface area contributed by atoms with Gasteiger partial charge in [-0.3, -0.25) is 0 Å². The Bertz CT molecular complexity index is 575. The van der Waals surface area contributed by atoms with Crippen LogP contribution in [0.25, 0.3) is 4.98 Å². The minimum Gasteiger partial charge on any atom is -0.741 e. The highest BCUT2D eigenvalue weighted by Crippen LogP contribution is 2.20. The number of benzene rings is 1. The number of rotatable bonds is 3. The van der Waals surface area contributed by atoms with E-state index < -0.39 is 15.6 Å². The van der Waals surface area contributed by atoms with Gasteiger partial charge in [-0.2, -0.15) is 13.2 Å². The van der Waals surface area contributed by atoms with Gasteiger partial charge in [0.15, 0.2) is 15.1 Å². The van der Waals surface area contributed by atoms with Gasteiger partial charge in [0.05, 0.1) is 0 Å². The zero-order chi connectivity index (χ0) is 16.7. The number of hydrogen-bond donors (Lipinski definition) is 0. The summed E-state index contributed by atoms with van der Waals surface area (Å²) in [6, 6.07) is 7.52. The van der Waals surface area contributed by atoms with Crippen molar-refractivity contribution in [1.29, 1.82) is 5.39 Å². The molecule has 0 saturated heterocycles. The predicted molar refractivity (Wildman–Crippen MR) is 70.5 cm³/mol. The van der Waals surface area contributed by atoms with Crippen molar-refractivity contribution < 1.29 is 26.1 Å². The van der Waals surface area contributed by atoms with E-state index in [9.17, 15) is 13.2 Å². The Labute approximate surface area is 120 Å². The van der Waals surface area contributed by atoms with Gasteiger partial charge in [0.2, 0.25) is 5.39 Å². The van der Waals surface area contributed by atoms with E-state index in [1.807, 2.05) is 12.1 Å². The smallest absolute Gasteiger partial charge is 0.485 e. The van der Waals surface area contributed by atoms with Gasteiger partial charge in [0.1, 0.15) is 0 Å². The highest BCUT2D eigenvalue weighted by Gasteiger charge is 2.36. The molecule has 0 bridgehead atoms. The molecule has 21 heavy (non-hydrogen) atoms. The Morgan fingerprint density at radius 3 is 1.81 bits per heavy atom. The fraction of sp³-hybridized carbons (Fsp3) is 0.455. The van der Waals surface area contributed by atoms with Crippen molar-refractivity contribution in [2.24, 2.45) is 0 Å². The van der Waals surface area contributed by atoms with Crippen molar-refractivity contribution in [2.75, 3.05) is 18.0 Å². The molecule has 1 rings (SSSR count). The van der Waals surface area contributed by atoms with Crippen LogP contribution in [0.5, 0.6) is 0 Å². The third-order valence-corrected chi connectivity index (χ3v) is 2.94. The average Bonchev–Trinajstić information content (AvgIpc) is 2.39. The van der Waals surface area contributed by atoms with Crippen LogP contribution in [0, 0.1) is 5.39 Å². The Kier molecular flexibility index (Phi) is 7.11. The van der Waals surface area contributed by atoms with Crippen LogP contribution in [0.2, 0.25) is 0 Å². The van der Waals surface area contributed by atoms with E-state index >= 15 is 0 Å². The summed E-state index contributed by atoms with van der Waals surface area (Å²) in [6.45, 7) is 6.22. The fourth-order valence-electron chi connectivity index (χ4n) is 1.32. The van der Waals surface area contributed by atoms with Crippen LogP contribution in [0.4, 0.5) is 24.5 Å². The number of diazo groups is 1. The lowest BCUT2D eigenvalue weighted by Crippen LogP contribution is -2.21. The highest BCUT2D eigenvalue weighted by atomic mass is 32.2. The van der Waals surface area contributed by atoms with Gasteiger partial charge in [-0.15, -0.1) is 0 Å². The molecular weight excluding hydrogens is 311 g/mol. The molecule has 0 amide bonds. The standard InChI is InChI=1S/C10H14N3.CHF3O3S/c1-3-13(4-2)10-7-5-9(12-11)6-8-10;2-1(3,4)8(5,6)7/h5-8H,3-4H2,1-2H3;(H,5,6,7)/q+1;/p-1. The molecule has 0 spiro atoms. The zero-order valence-electron chi connectivity index (χ0n) is 11.3. The van der Waals surface area contributed by atoms with Gasteiger partial charge in [-0.05, 0) is 26.0 Å². The summed E-state index contributed by atoms with van der Waals surface area (Å²) in [5.74, 6) is 0. The molecule has 1 aromatic rings. The topological polar surface area (TPSA) is 88.6 Å². The molecule has 0 fully saturated rings. The Hall–Kier alpha value is -1.86. The summed E-state index contributed by atoms with van der Waals surface area (Å²) in [6.07, 6.45) is 0. The summed E-state index contributed by atoms with van der Waals surface area (Å²) < 4.78 is 58.9. The monoisotopic (exact) mass is 325 g/mol. The van der Waals surface area contributed by atoms with Gasteiger partial charge in [-0.25, -0.2) is 8.42 Å². The van der Waals surface area contributed by atoms with Crippen LogP contribution in [0.1, 0.15) is 13.8 Å². The highest BCUT2D eigenvalue weighted by molar-refractivity contribution is 7.86. The molecule has 6 nitrogen and oxygen atoms in total. The SMILES string of the molecule is CCN(CC)c1ccc([N+]#N)cc1.O=S(=O)([O-])C(F)(F)F. The lowest BCUT2D eigenvalue weighted by atomic mass is 10.2. The maximum atomic E-state index is 10.7. The first-order chi connectivity index (χ1) is 9.56. The van der Waals surface area contributed by atoms with Gasteiger partial charge >= 0.3 is 11.2 Å². The van der Waals surface area contributed by atoms with Crippen LogP contribution in [-0.2, 0) is 10.1 Å². The van der Waals surface area contributed by atoms with Gasteiger partial charge in [-0.1, -0.05) is 0 Å². The minimum atomic E-state index is -6.09. The quantitative estimate of drug-likeness (QED) is 0.484. The third kappa shape index (κ3) is 6.42. The molecule has 0 N–H and O–H groups in total. The van der Waals surface area contributed by atoms with E-state index in [0.29, 0.717) is 5.69 Å². The van der Waals surface area contributed by atoms with Crippen LogP contribution < -0.4 is 4.90 Å². The molecule has 0 heterocycles. The van der Waals surface area contributed by atoms with Crippen LogP contribution >= 0.6 is 0 Å². The lowest BCUT2D eigenvalue weighted by molar-refractivity contribution is -0.0517. The van der Waals surface area contributed by atoms with Crippen molar-refractivity contribution in [3.05, 3.63) is 29.2 Å². The van der Waals surface area contributed by atoms with Crippen molar-refractivity contribution in [2.45, 2.75) is 19.4 Å². The maximum absolute atomic E-state index is 10.7. The first-order valence-corrected chi connectivity index (χ1v) is 7.19. The molecule has 0 aliphatic heterocycles. The zero-order valence-corrected chi connectivity index (χ0v) is 12.1. The molecule has 118 valence electrons. The molecule has 0 saturated carbocycles. The van der Waals surface area contributed by atoms with E-state index in [2.05, 4.69) is 23.7 Å². The van der Waals surface area contributed by atoms with Crippen molar-refractivity contribution in [3.63, 3.8) is 0 Å². The molecule has 0 unspecified atom stereocenters. The van der Waals surface area contributed by atoms with E-state index in [4.69, 9.17) is 18.4 Å². The van der Waals surface area contributed by atoms with Crippen molar-refractivity contribution in [1.82, 2.24) is 0 Å². The molecule has 0 aliphatic carbocycles. The first kappa shape index (κ1) is 19.1. The third-order valence-electron chi connectivity index (χ3n) is 2.38. The molecule has 0 radical (unpaired) electrons. The largest absolute Gasteiger partial charge is 0.741 e. The second-order valence-electron chi connectivity index (χ2n) is 3.69. The van der Waals surface area contributed by atoms with Gasteiger partial charge in [0.25, 0.3) is 0 Å². The molecule has 1 aromatic carbocycles. The fourth-order valence-corrected chi connectivity index (χ4v) is 1.32. The number of alkyl halides is 3. The number of hydrogen-bond acceptors (Lipinski definition) is 5. The first-order valence-electron chi connectivity index (χ1n) is 5.79. The summed E-state index contributed by atoms with van der Waals surface area (Å²) in [5.41, 5.74) is -3.89. The summed E-state index contributed by atoms with van der Waals surface area (Å²) >= 11 is 0. The van der Waals surface area contributed by atoms with Gasteiger partial charge < -0.3 is 9.45 Å². The molecule has 0 aliphatic rings. The molecular formula is C11H14F3N3O3S. The number of anilines is 1. The lowest BCUT2D eigenvalue weighted by Gasteiger charge is -2.20. The van der Waals surface area contributed by atoms with Crippen LogP contribution in [0.15, 0.2) is 24.3 Å². The minimum absolute atomic E-state index is 0.593. The molecule has 0 aromatic heterocycles. The number of nitrogens with zero attached hydrogens (tertiary/aromatic N) is 3. The second kappa shape index (κ2) is 7.80. The summed E-state index contributed by atoms with van der Waals surface area (Å²) in [7, 11) is -6.09. The molecule has 10 heteroatoms. The predicted octanol–water partition coefficient (Wildman–Crippen LogP) is 3.07.